The summed E-state index contributed by atoms with van der Waals surface area (Å²) in [5.41, 5.74) is 8.14. The van der Waals surface area contributed by atoms with Gasteiger partial charge in [0.05, 0.1) is 24.2 Å². The van der Waals surface area contributed by atoms with Gasteiger partial charge in [-0.05, 0) is 25.0 Å². The van der Waals surface area contributed by atoms with Crippen LogP contribution in [0.4, 0.5) is 5.69 Å². The first-order chi connectivity index (χ1) is 8.74. The molecule has 1 aromatic rings. The van der Waals surface area contributed by atoms with Gasteiger partial charge in [0.15, 0.2) is 0 Å². The van der Waals surface area contributed by atoms with Crippen LogP contribution in [0.15, 0.2) is 18.3 Å². The lowest BCUT2D eigenvalue weighted by Crippen LogP contribution is -2.21. The first-order valence-corrected chi connectivity index (χ1v) is 6.70. The molecule has 1 aliphatic heterocycles. The number of pyridine rings is 1. The Morgan fingerprint density at radius 3 is 3.00 bits per heavy atom. The zero-order valence-electron chi connectivity index (χ0n) is 11.3. The second-order valence-corrected chi connectivity index (χ2v) is 5.01. The van der Waals surface area contributed by atoms with E-state index in [0.29, 0.717) is 5.92 Å². The molecule has 100 valence electrons. The molecule has 2 atom stereocenters. The molecule has 1 saturated heterocycles. The Balaban J connectivity index is 1.98. The Kier molecular flexibility index (Phi) is 4.55. The number of anilines is 1. The molecule has 0 aromatic carbocycles. The lowest BCUT2D eigenvalue weighted by atomic mass is 10.1. The molecule has 0 bridgehead atoms. The number of hydrogen-bond donors (Lipinski definition) is 1. The number of ether oxygens (including phenoxy) is 1. The Morgan fingerprint density at radius 1 is 1.56 bits per heavy atom. The van der Waals surface area contributed by atoms with E-state index in [9.17, 15) is 0 Å². The van der Waals surface area contributed by atoms with Crippen LogP contribution in [-0.2, 0) is 4.74 Å². The summed E-state index contributed by atoms with van der Waals surface area (Å²) in [5, 5.41) is 0. The van der Waals surface area contributed by atoms with Crippen molar-refractivity contribution < 1.29 is 4.74 Å². The van der Waals surface area contributed by atoms with Crippen LogP contribution in [0.1, 0.15) is 31.5 Å². The van der Waals surface area contributed by atoms with Crippen LogP contribution in [0.2, 0.25) is 0 Å². The monoisotopic (exact) mass is 249 g/mol. The first kappa shape index (κ1) is 13.3. The molecule has 2 N–H and O–H groups in total. The highest BCUT2D eigenvalue weighted by atomic mass is 16.5. The van der Waals surface area contributed by atoms with E-state index in [0.717, 1.165) is 31.8 Å². The Bertz CT molecular complexity index is 366. The topological polar surface area (TPSA) is 51.4 Å². The van der Waals surface area contributed by atoms with Gasteiger partial charge < -0.3 is 15.4 Å². The van der Waals surface area contributed by atoms with Gasteiger partial charge in [0, 0.05) is 32.2 Å². The van der Waals surface area contributed by atoms with Crippen molar-refractivity contribution in [2.45, 2.75) is 25.8 Å². The van der Waals surface area contributed by atoms with Crippen molar-refractivity contribution in [3.8, 4) is 0 Å². The number of rotatable bonds is 5. The van der Waals surface area contributed by atoms with Crippen molar-refractivity contribution in [3.05, 3.63) is 24.0 Å². The highest BCUT2D eigenvalue weighted by Gasteiger charge is 2.22. The van der Waals surface area contributed by atoms with Gasteiger partial charge >= 0.3 is 0 Å². The molecule has 0 radical (unpaired) electrons. The third-order valence-corrected chi connectivity index (χ3v) is 3.64. The summed E-state index contributed by atoms with van der Waals surface area (Å²) in [4.78, 5) is 6.84. The van der Waals surface area contributed by atoms with E-state index >= 15 is 0 Å². The van der Waals surface area contributed by atoms with Gasteiger partial charge in [0.25, 0.3) is 0 Å². The molecule has 0 spiro atoms. The van der Waals surface area contributed by atoms with E-state index in [2.05, 4.69) is 22.9 Å². The molecule has 0 saturated carbocycles. The van der Waals surface area contributed by atoms with Crippen molar-refractivity contribution in [2.24, 2.45) is 11.7 Å². The number of nitrogens with zero attached hydrogens (tertiary/aromatic N) is 2. The van der Waals surface area contributed by atoms with Crippen molar-refractivity contribution >= 4 is 5.69 Å². The average Bonchev–Trinajstić information content (AvgIpc) is 2.87. The fraction of sp³-hybridized carbons (Fsp3) is 0.643. The Hall–Kier alpha value is -1.13. The van der Waals surface area contributed by atoms with Gasteiger partial charge in [-0.3, -0.25) is 4.98 Å². The lowest BCUT2D eigenvalue weighted by molar-refractivity contribution is 0.161. The van der Waals surface area contributed by atoms with Crippen LogP contribution in [-0.4, -0.2) is 31.8 Å². The highest BCUT2D eigenvalue weighted by Crippen LogP contribution is 2.24. The standard InChI is InChI=1S/C14H23N3O/c1-3-13(15)14-5-4-12(8-16-14)17-7-6-11(9-17)10-18-2/h4-5,8,11,13H,3,6-7,9-10,15H2,1-2H3. The summed E-state index contributed by atoms with van der Waals surface area (Å²) in [5.74, 6) is 0.646. The van der Waals surface area contributed by atoms with E-state index in [1.165, 1.54) is 12.1 Å². The second-order valence-electron chi connectivity index (χ2n) is 5.01. The van der Waals surface area contributed by atoms with Crippen molar-refractivity contribution in [1.29, 1.82) is 0 Å². The summed E-state index contributed by atoms with van der Waals surface area (Å²) >= 11 is 0. The van der Waals surface area contributed by atoms with Crippen LogP contribution < -0.4 is 10.6 Å². The average molecular weight is 249 g/mol. The maximum absolute atomic E-state index is 5.97. The SMILES string of the molecule is CCC(N)c1ccc(N2CCC(COC)C2)cn1. The van der Waals surface area contributed by atoms with E-state index < -0.39 is 0 Å². The van der Waals surface area contributed by atoms with Crippen LogP contribution in [0, 0.1) is 5.92 Å². The lowest BCUT2D eigenvalue weighted by Gasteiger charge is -2.19. The fourth-order valence-electron chi connectivity index (χ4n) is 2.45. The Labute approximate surface area is 109 Å². The fourth-order valence-corrected chi connectivity index (χ4v) is 2.45. The quantitative estimate of drug-likeness (QED) is 0.866. The van der Waals surface area contributed by atoms with Crippen LogP contribution >= 0.6 is 0 Å². The molecule has 1 aromatic heterocycles. The normalized spacial score (nSPS) is 21.3. The van der Waals surface area contributed by atoms with Gasteiger partial charge in [-0.1, -0.05) is 6.92 Å². The molecule has 2 rings (SSSR count). The van der Waals surface area contributed by atoms with Crippen molar-refractivity contribution in [2.75, 3.05) is 31.7 Å². The number of nitrogens with two attached hydrogens (primary N) is 1. The third-order valence-electron chi connectivity index (χ3n) is 3.64. The molecular weight excluding hydrogens is 226 g/mol. The molecule has 0 amide bonds. The molecule has 2 unspecified atom stereocenters. The zero-order chi connectivity index (χ0) is 13.0. The van der Waals surface area contributed by atoms with E-state index in [-0.39, 0.29) is 6.04 Å². The van der Waals surface area contributed by atoms with Gasteiger partial charge in [0.1, 0.15) is 0 Å². The summed E-state index contributed by atoms with van der Waals surface area (Å²) in [7, 11) is 1.77. The predicted molar refractivity (Wildman–Crippen MR) is 73.7 cm³/mol. The molecule has 1 fully saturated rings. The number of aromatic nitrogens is 1. The summed E-state index contributed by atoms with van der Waals surface area (Å²) in [6.07, 6.45) is 4.07. The molecule has 2 heterocycles. The summed E-state index contributed by atoms with van der Waals surface area (Å²) in [6, 6.07) is 4.24. The maximum Gasteiger partial charge on any atom is 0.0572 e. The molecule has 4 heteroatoms. The number of hydrogen-bond acceptors (Lipinski definition) is 4. The Morgan fingerprint density at radius 2 is 2.39 bits per heavy atom. The molecule has 1 aliphatic rings. The first-order valence-electron chi connectivity index (χ1n) is 6.70. The van der Waals surface area contributed by atoms with Gasteiger partial charge in [0.2, 0.25) is 0 Å². The van der Waals surface area contributed by atoms with Crippen LogP contribution in [0.25, 0.3) is 0 Å². The molecule has 4 nitrogen and oxygen atoms in total. The van der Waals surface area contributed by atoms with Gasteiger partial charge in [-0.25, -0.2) is 0 Å². The largest absolute Gasteiger partial charge is 0.384 e. The minimum absolute atomic E-state index is 0.0545. The van der Waals surface area contributed by atoms with Crippen molar-refractivity contribution in [1.82, 2.24) is 4.98 Å². The van der Waals surface area contributed by atoms with E-state index in [1.807, 2.05) is 12.3 Å². The summed E-state index contributed by atoms with van der Waals surface area (Å²) in [6.45, 7) is 5.09. The smallest absolute Gasteiger partial charge is 0.0572 e. The maximum atomic E-state index is 5.97. The summed E-state index contributed by atoms with van der Waals surface area (Å²) < 4.78 is 5.22. The minimum atomic E-state index is 0.0545. The molecule has 18 heavy (non-hydrogen) atoms. The molecule has 0 aliphatic carbocycles. The van der Waals surface area contributed by atoms with E-state index in [1.54, 1.807) is 7.11 Å². The number of methoxy groups -OCH3 is 1. The van der Waals surface area contributed by atoms with E-state index in [4.69, 9.17) is 10.5 Å². The van der Waals surface area contributed by atoms with Gasteiger partial charge in [-0.15, -0.1) is 0 Å². The molecular formula is C14H23N3O. The van der Waals surface area contributed by atoms with Crippen LogP contribution in [0.3, 0.4) is 0 Å². The second kappa shape index (κ2) is 6.16. The van der Waals surface area contributed by atoms with Crippen molar-refractivity contribution in [3.63, 3.8) is 0 Å². The third kappa shape index (κ3) is 3.00. The zero-order valence-corrected chi connectivity index (χ0v) is 11.3. The highest BCUT2D eigenvalue weighted by molar-refractivity contribution is 5.45. The van der Waals surface area contributed by atoms with Gasteiger partial charge in [-0.2, -0.15) is 0 Å². The minimum Gasteiger partial charge on any atom is -0.384 e. The van der Waals surface area contributed by atoms with Crippen LogP contribution in [0.5, 0.6) is 0 Å². The predicted octanol–water partition coefficient (Wildman–Crippen LogP) is 1.96.